The predicted octanol–water partition coefficient (Wildman–Crippen LogP) is -5.66. The Kier molecular flexibility index (Phi) is 8.78. The molecule has 1 fully saturated rings. The Morgan fingerprint density at radius 2 is 1.88 bits per heavy atom. The van der Waals surface area contributed by atoms with Gasteiger partial charge in [-0.25, -0.2) is 8.42 Å². The monoisotopic (exact) mass is 489 g/mol. The second-order valence-corrected chi connectivity index (χ2v) is 9.22. The van der Waals surface area contributed by atoms with Crippen LogP contribution in [0.5, 0.6) is 0 Å². The van der Waals surface area contributed by atoms with Gasteiger partial charge in [-0.2, -0.15) is 0 Å². The Bertz CT molecular complexity index is 1100. The van der Waals surface area contributed by atoms with Gasteiger partial charge in [-0.1, -0.05) is 24.3 Å². The number of sulfone groups is 1. The molecule has 1 saturated heterocycles. The van der Waals surface area contributed by atoms with Crippen LogP contribution in [0.25, 0.3) is 0 Å². The molecule has 0 spiro atoms. The molecule has 32 heavy (non-hydrogen) atoms. The summed E-state index contributed by atoms with van der Waals surface area (Å²) >= 11 is 0. The van der Waals surface area contributed by atoms with Crippen LogP contribution in [0.2, 0.25) is 0 Å². The van der Waals surface area contributed by atoms with E-state index in [9.17, 15) is 32.7 Å². The van der Waals surface area contributed by atoms with E-state index in [2.05, 4.69) is 5.32 Å². The SMILES string of the molecule is CC(=O)OCC1=C(C(=O)[O-])N2C(=O)[C@H](NC(=O)Cc3ccccc3CN)[C@@H]2S(=O)(=O)C1.[K+]. The smallest absolute Gasteiger partial charge is 0.543 e. The summed E-state index contributed by atoms with van der Waals surface area (Å²) in [5.74, 6) is -4.80. The number of benzene rings is 1. The predicted molar refractivity (Wildman–Crippen MR) is 103 cm³/mol. The zero-order chi connectivity index (χ0) is 22.9. The number of carbonyl (C=O) groups excluding carboxylic acids is 4. The number of nitrogens with one attached hydrogen (secondary N) is 1. The van der Waals surface area contributed by atoms with E-state index in [1.807, 2.05) is 0 Å². The summed E-state index contributed by atoms with van der Waals surface area (Å²) in [5.41, 5.74) is 6.05. The quantitative estimate of drug-likeness (QED) is 0.215. The van der Waals surface area contributed by atoms with Gasteiger partial charge in [0.2, 0.25) is 5.91 Å². The van der Waals surface area contributed by atoms with Gasteiger partial charge >= 0.3 is 57.4 Å². The number of carboxylic acid groups (broad SMARTS) is 1. The number of fused-ring (bicyclic) bond motifs is 1. The minimum absolute atomic E-state index is 0. The molecule has 1 aromatic rings. The van der Waals surface area contributed by atoms with Gasteiger partial charge in [-0.05, 0) is 11.1 Å². The zero-order valence-corrected chi connectivity index (χ0v) is 21.4. The zero-order valence-electron chi connectivity index (χ0n) is 17.5. The van der Waals surface area contributed by atoms with Crippen molar-refractivity contribution in [2.75, 3.05) is 12.4 Å². The molecule has 166 valence electrons. The second kappa shape index (κ2) is 10.5. The van der Waals surface area contributed by atoms with E-state index in [-0.39, 0.29) is 69.9 Å². The van der Waals surface area contributed by atoms with Gasteiger partial charge < -0.3 is 25.7 Å². The van der Waals surface area contributed by atoms with Crippen LogP contribution in [0.1, 0.15) is 18.1 Å². The maximum atomic E-state index is 12.7. The molecule has 0 aromatic heterocycles. The largest absolute Gasteiger partial charge is 1.00 e. The number of hydrogen-bond donors (Lipinski definition) is 2. The summed E-state index contributed by atoms with van der Waals surface area (Å²) in [6.45, 7) is 0.658. The van der Waals surface area contributed by atoms with Crippen molar-refractivity contribution in [3.05, 3.63) is 46.7 Å². The Morgan fingerprint density at radius 3 is 2.44 bits per heavy atom. The molecule has 0 aliphatic carbocycles. The van der Waals surface area contributed by atoms with Crippen LogP contribution < -0.4 is 67.5 Å². The number of β-lactam (4-membered cyclic amide) rings is 1. The number of amides is 2. The minimum atomic E-state index is -4.07. The number of carbonyl (C=O) groups is 4. The molecule has 2 aliphatic heterocycles. The molecule has 1 aromatic carbocycles. The van der Waals surface area contributed by atoms with Crippen molar-refractivity contribution in [3.63, 3.8) is 0 Å². The van der Waals surface area contributed by atoms with Crippen LogP contribution in [-0.2, 0) is 46.7 Å². The van der Waals surface area contributed by atoms with Gasteiger partial charge in [0, 0.05) is 19.0 Å². The Balaban J connectivity index is 0.00000363. The van der Waals surface area contributed by atoms with Crippen LogP contribution in [0.4, 0.5) is 0 Å². The number of aliphatic carboxylic acids is 1. The van der Waals surface area contributed by atoms with Crippen molar-refractivity contribution < 1.29 is 88.8 Å². The van der Waals surface area contributed by atoms with E-state index in [1.54, 1.807) is 24.3 Å². The molecular weight excluding hydrogens is 469 g/mol. The first-order valence-corrected chi connectivity index (χ1v) is 11.0. The minimum Gasteiger partial charge on any atom is -0.543 e. The molecule has 0 saturated carbocycles. The topological polar surface area (TPSA) is 176 Å². The van der Waals surface area contributed by atoms with Crippen molar-refractivity contribution in [2.24, 2.45) is 5.73 Å². The van der Waals surface area contributed by atoms with Gasteiger partial charge in [0.1, 0.15) is 12.6 Å². The van der Waals surface area contributed by atoms with Gasteiger partial charge in [0.25, 0.3) is 5.91 Å². The number of nitrogens with two attached hydrogens (primary N) is 1. The summed E-state index contributed by atoms with van der Waals surface area (Å²) in [7, 11) is -4.07. The Hall–Kier alpha value is -1.61. The number of nitrogens with zero attached hydrogens (tertiary/aromatic N) is 1. The van der Waals surface area contributed by atoms with Gasteiger partial charge in [-0.3, -0.25) is 19.3 Å². The molecule has 2 atom stereocenters. The Morgan fingerprint density at radius 1 is 1.25 bits per heavy atom. The molecular formula is C19H20KN3O8S. The average molecular weight is 490 g/mol. The third kappa shape index (κ3) is 5.30. The number of carboxylic acids is 1. The van der Waals surface area contributed by atoms with Gasteiger partial charge in [-0.15, -0.1) is 0 Å². The van der Waals surface area contributed by atoms with Crippen molar-refractivity contribution in [1.29, 1.82) is 0 Å². The summed E-state index contributed by atoms with van der Waals surface area (Å²) in [6, 6.07) is 5.46. The van der Waals surface area contributed by atoms with Crippen LogP contribution in [0.15, 0.2) is 35.5 Å². The normalized spacial score (nSPS) is 21.1. The average Bonchev–Trinajstić information content (AvgIpc) is 2.69. The van der Waals surface area contributed by atoms with Gasteiger partial charge in [0.15, 0.2) is 15.2 Å². The van der Waals surface area contributed by atoms with E-state index in [0.29, 0.717) is 10.5 Å². The third-order valence-corrected chi connectivity index (χ3v) is 6.98. The molecule has 3 rings (SSSR count). The summed E-state index contributed by atoms with van der Waals surface area (Å²) in [6.07, 6.45) is -0.134. The molecule has 0 radical (unpaired) electrons. The molecule has 0 unspecified atom stereocenters. The standard InChI is InChI=1S/C19H21N3O8S.K/c1-10(23)30-8-13-9-31(28,29)18-15(17(25)22(18)16(13)19(26)27)21-14(24)6-11-4-2-3-5-12(11)7-20;/h2-5,15,18H,6-9,20H2,1H3,(H,21,24)(H,26,27);/q;+1/p-1/t15-,18-;/m0./s1. The molecule has 2 aliphatic rings. The van der Waals surface area contributed by atoms with Crippen LogP contribution >= 0.6 is 0 Å². The summed E-state index contributed by atoms with van der Waals surface area (Å²) in [5, 5.41) is 12.4. The van der Waals surface area contributed by atoms with E-state index in [0.717, 1.165) is 12.5 Å². The molecule has 2 amide bonds. The molecule has 2 heterocycles. The molecule has 13 heteroatoms. The van der Waals surface area contributed by atoms with E-state index >= 15 is 0 Å². The maximum Gasteiger partial charge on any atom is 1.00 e. The second-order valence-electron chi connectivity index (χ2n) is 7.12. The molecule has 11 nitrogen and oxygen atoms in total. The van der Waals surface area contributed by atoms with Crippen molar-refractivity contribution >= 4 is 33.6 Å². The molecule has 3 N–H and O–H groups in total. The maximum absolute atomic E-state index is 12.7. The number of ether oxygens (including phenoxy) is 1. The van der Waals surface area contributed by atoms with E-state index in [1.165, 1.54) is 0 Å². The number of esters is 1. The van der Waals surface area contributed by atoms with Crippen LogP contribution in [0.3, 0.4) is 0 Å². The van der Waals surface area contributed by atoms with Crippen molar-refractivity contribution in [3.8, 4) is 0 Å². The fourth-order valence-corrected chi connectivity index (χ4v) is 5.64. The fraction of sp³-hybridized carbons (Fsp3) is 0.368. The van der Waals surface area contributed by atoms with Crippen molar-refractivity contribution in [2.45, 2.75) is 31.3 Å². The number of hydrogen-bond acceptors (Lipinski definition) is 9. The van der Waals surface area contributed by atoms with E-state index in [4.69, 9.17) is 10.5 Å². The number of rotatable bonds is 7. The van der Waals surface area contributed by atoms with E-state index < -0.39 is 63.1 Å². The first-order valence-electron chi connectivity index (χ1n) is 9.24. The first-order chi connectivity index (χ1) is 14.6. The third-order valence-electron chi connectivity index (χ3n) is 5.01. The van der Waals surface area contributed by atoms with Crippen LogP contribution in [-0.4, -0.2) is 60.8 Å². The Labute approximate surface area is 226 Å². The van der Waals surface area contributed by atoms with Crippen molar-refractivity contribution in [1.82, 2.24) is 10.2 Å². The van der Waals surface area contributed by atoms with Crippen LogP contribution in [0, 0.1) is 0 Å². The fourth-order valence-electron chi connectivity index (χ4n) is 3.64. The summed E-state index contributed by atoms with van der Waals surface area (Å²) < 4.78 is 30.1. The summed E-state index contributed by atoms with van der Waals surface area (Å²) in [4.78, 5) is 48.2. The van der Waals surface area contributed by atoms with Gasteiger partial charge in [0.05, 0.1) is 23.8 Å². The molecule has 0 bridgehead atoms. The first kappa shape index (κ1) is 26.6.